The van der Waals surface area contributed by atoms with Gasteiger partial charge in [-0.25, -0.2) is 9.67 Å². The van der Waals surface area contributed by atoms with Crippen LogP contribution in [-0.4, -0.2) is 20.5 Å². The second-order valence-electron chi connectivity index (χ2n) is 4.69. The van der Waals surface area contributed by atoms with E-state index in [1.165, 1.54) is 4.90 Å². The number of aromatic nitrogens is 3. The van der Waals surface area contributed by atoms with Crippen LogP contribution < -0.4 is 0 Å². The van der Waals surface area contributed by atoms with E-state index in [2.05, 4.69) is 53.4 Å². The van der Waals surface area contributed by atoms with Crippen molar-refractivity contribution >= 4 is 11.8 Å². The first kappa shape index (κ1) is 13.9. The third kappa shape index (κ3) is 3.00. The minimum absolute atomic E-state index is 0.779. The van der Waals surface area contributed by atoms with Crippen molar-refractivity contribution in [3.63, 3.8) is 0 Å². The monoisotopic (exact) mass is 295 g/mol. The average Bonchev–Trinajstić information content (AvgIpc) is 2.91. The highest BCUT2D eigenvalue weighted by molar-refractivity contribution is 7.99. The fraction of sp³-hybridized carbons (Fsp3) is 0.176. The van der Waals surface area contributed by atoms with E-state index in [4.69, 9.17) is 0 Å². The van der Waals surface area contributed by atoms with Crippen LogP contribution in [0.5, 0.6) is 0 Å². The first-order chi connectivity index (χ1) is 10.3. The van der Waals surface area contributed by atoms with Crippen molar-refractivity contribution in [3.8, 4) is 17.1 Å². The Kier molecular flexibility index (Phi) is 4.06. The summed E-state index contributed by atoms with van der Waals surface area (Å²) < 4.78 is 1.91. The Labute approximate surface area is 129 Å². The Morgan fingerprint density at radius 2 is 1.71 bits per heavy atom. The van der Waals surface area contributed by atoms with Crippen LogP contribution in [0.2, 0.25) is 0 Å². The summed E-state index contributed by atoms with van der Waals surface area (Å²) in [5.74, 6) is 2.74. The van der Waals surface area contributed by atoms with Crippen LogP contribution in [0.3, 0.4) is 0 Å². The molecule has 0 saturated heterocycles. The van der Waals surface area contributed by atoms with Gasteiger partial charge in [-0.05, 0) is 36.9 Å². The summed E-state index contributed by atoms with van der Waals surface area (Å²) in [6.07, 6.45) is 0. The van der Waals surface area contributed by atoms with Gasteiger partial charge in [0.15, 0.2) is 5.82 Å². The van der Waals surface area contributed by atoms with Crippen molar-refractivity contribution in [2.75, 3.05) is 5.75 Å². The predicted octanol–water partition coefficient (Wildman–Crippen LogP) is 4.35. The molecule has 21 heavy (non-hydrogen) atoms. The molecule has 0 aliphatic rings. The minimum Gasteiger partial charge on any atom is -0.213 e. The fourth-order valence-corrected chi connectivity index (χ4v) is 2.88. The van der Waals surface area contributed by atoms with Crippen molar-refractivity contribution < 1.29 is 0 Å². The SMILES string of the molecule is CCSc1ccc(-n2nc(C)nc2-c2ccccc2)cc1. The van der Waals surface area contributed by atoms with Crippen LogP contribution in [0.4, 0.5) is 0 Å². The van der Waals surface area contributed by atoms with Crippen LogP contribution in [-0.2, 0) is 0 Å². The molecule has 0 spiro atoms. The van der Waals surface area contributed by atoms with Gasteiger partial charge in [0.25, 0.3) is 0 Å². The molecule has 0 aliphatic carbocycles. The molecule has 0 N–H and O–H groups in total. The van der Waals surface area contributed by atoms with Gasteiger partial charge in [-0.2, -0.15) is 5.10 Å². The first-order valence-corrected chi connectivity index (χ1v) is 7.99. The Morgan fingerprint density at radius 3 is 2.38 bits per heavy atom. The molecule has 106 valence electrons. The lowest BCUT2D eigenvalue weighted by Crippen LogP contribution is -1.99. The van der Waals surface area contributed by atoms with E-state index in [0.717, 1.165) is 28.7 Å². The summed E-state index contributed by atoms with van der Waals surface area (Å²) in [5, 5.41) is 4.53. The maximum Gasteiger partial charge on any atom is 0.163 e. The Balaban J connectivity index is 2.02. The van der Waals surface area contributed by atoms with Gasteiger partial charge in [-0.1, -0.05) is 37.3 Å². The molecule has 0 atom stereocenters. The van der Waals surface area contributed by atoms with Crippen LogP contribution >= 0.6 is 11.8 Å². The standard InChI is InChI=1S/C17H17N3S/c1-3-21-16-11-9-15(10-12-16)20-17(18-13(2)19-20)14-7-5-4-6-8-14/h4-12H,3H2,1-2H3. The number of benzene rings is 2. The second-order valence-corrected chi connectivity index (χ2v) is 6.02. The van der Waals surface area contributed by atoms with Crippen molar-refractivity contribution in [2.45, 2.75) is 18.7 Å². The number of nitrogens with zero attached hydrogens (tertiary/aromatic N) is 3. The van der Waals surface area contributed by atoms with Gasteiger partial charge in [0.1, 0.15) is 5.82 Å². The molecule has 3 nitrogen and oxygen atoms in total. The first-order valence-electron chi connectivity index (χ1n) is 7.00. The van der Waals surface area contributed by atoms with Crippen molar-refractivity contribution in [3.05, 3.63) is 60.4 Å². The molecule has 0 saturated carbocycles. The van der Waals surface area contributed by atoms with Crippen molar-refractivity contribution in [1.82, 2.24) is 14.8 Å². The molecule has 1 heterocycles. The van der Waals surface area contributed by atoms with E-state index in [1.807, 2.05) is 41.6 Å². The van der Waals surface area contributed by atoms with Gasteiger partial charge in [0, 0.05) is 10.5 Å². The number of hydrogen-bond acceptors (Lipinski definition) is 3. The minimum atomic E-state index is 0.779. The Bertz CT molecular complexity index is 718. The number of thioether (sulfide) groups is 1. The topological polar surface area (TPSA) is 30.7 Å². The van der Waals surface area contributed by atoms with Crippen LogP contribution in [0.1, 0.15) is 12.7 Å². The predicted molar refractivity (Wildman–Crippen MR) is 87.9 cm³/mol. The van der Waals surface area contributed by atoms with Crippen LogP contribution in [0.25, 0.3) is 17.1 Å². The zero-order valence-corrected chi connectivity index (χ0v) is 13.0. The average molecular weight is 295 g/mol. The van der Waals surface area contributed by atoms with E-state index in [1.54, 1.807) is 0 Å². The Morgan fingerprint density at radius 1 is 1.00 bits per heavy atom. The molecular weight excluding hydrogens is 278 g/mol. The summed E-state index contributed by atoms with van der Waals surface area (Å²) in [6, 6.07) is 18.6. The molecule has 3 rings (SSSR count). The smallest absolute Gasteiger partial charge is 0.163 e. The number of hydrogen-bond donors (Lipinski definition) is 0. The molecule has 0 amide bonds. The molecule has 0 radical (unpaired) electrons. The normalized spacial score (nSPS) is 10.8. The molecule has 3 aromatic rings. The Hall–Kier alpha value is -2.07. The third-order valence-electron chi connectivity index (χ3n) is 3.14. The summed E-state index contributed by atoms with van der Waals surface area (Å²) in [7, 11) is 0. The van der Waals surface area contributed by atoms with Gasteiger partial charge in [-0.3, -0.25) is 0 Å². The van der Waals surface area contributed by atoms with E-state index in [-0.39, 0.29) is 0 Å². The zero-order valence-electron chi connectivity index (χ0n) is 12.2. The van der Waals surface area contributed by atoms with Gasteiger partial charge in [0.2, 0.25) is 0 Å². The molecule has 1 aromatic heterocycles. The van der Waals surface area contributed by atoms with Gasteiger partial charge in [0.05, 0.1) is 5.69 Å². The molecular formula is C17H17N3S. The van der Waals surface area contributed by atoms with E-state index in [9.17, 15) is 0 Å². The van der Waals surface area contributed by atoms with E-state index < -0.39 is 0 Å². The largest absolute Gasteiger partial charge is 0.213 e. The number of rotatable bonds is 4. The maximum absolute atomic E-state index is 4.56. The molecule has 2 aromatic carbocycles. The zero-order chi connectivity index (χ0) is 14.7. The third-order valence-corrected chi connectivity index (χ3v) is 4.03. The van der Waals surface area contributed by atoms with Gasteiger partial charge >= 0.3 is 0 Å². The van der Waals surface area contributed by atoms with E-state index in [0.29, 0.717) is 0 Å². The lowest BCUT2D eigenvalue weighted by Gasteiger charge is -2.07. The lowest BCUT2D eigenvalue weighted by molar-refractivity contribution is 0.868. The summed E-state index contributed by atoms with van der Waals surface area (Å²) in [4.78, 5) is 5.84. The van der Waals surface area contributed by atoms with Crippen LogP contribution in [0.15, 0.2) is 59.5 Å². The fourth-order valence-electron chi connectivity index (χ4n) is 2.22. The molecule has 0 unspecified atom stereocenters. The highest BCUT2D eigenvalue weighted by Crippen LogP contribution is 2.23. The second kappa shape index (κ2) is 6.14. The van der Waals surface area contributed by atoms with Gasteiger partial charge in [-0.15, -0.1) is 11.8 Å². The summed E-state index contributed by atoms with van der Waals surface area (Å²) >= 11 is 1.84. The quantitative estimate of drug-likeness (QED) is 0.670. The maximum atomic E-state index is 4.56. The highest BCUT2D eigenvalue weighted by atomic mass is 32.2. The molecule has 0 fully saturated rings. The lowest BCUT2D eigenvalue weighted by atomic mass is 10.2. The molecule has 4 heteroatoms. The summed E-state index contributed by atoms with van der Waals surface area (Å²) in [6.45, 7) is 4.08. The van der Waals surface area contributed by atoms with Crippen molar-refractivity contribution in [1.29, 1.82) is 0 Å². The summed E-state index contributed by atoms with van der Waals surface area (Å²) in [5.41, 5.74) is 2.11. The molecule has 0 bridgehead atoms. The molecule has 0 aliphatic heterocycles. The van der Waals surface area contributed by atoms with Crippen molar-refractivity contribution in [2.24, 2.45) is 0 Å². The van der Waals surface area contributed by atoms with E-state index >= 15 is 0 Å². The van der Waals surface area contributed by atoms with Gasteiger partial charge < -0.3 is 0 Å². The van der Waals surface area contributed by atoms with Crippen LogP contribution in [0, 0.1) is 6.92 Å². The number of aryl methyl sites for hydroxylation is 1. The highest BCUT2D eigenvalue weighted by Gasteiger charge is 2.11.